The van der Waals surface area contributed by atoms with Gasteiger partial charge < -0.3 is 118 Å². The number of primary amides is 1. The lowest BCUT2D eigenvalue weighted by Gasteiger charge is -2.63. The highest BCUT2D eigenvalue weighted by molar-refractivity contribution is 7.51. The Morgan fingerprint density at radius 3 is 1.93 bits per heavy atom. The van der Waals surface area contributed by atoms with Crippen LogP contribution in [0.4, 0.5) is 5.69 Å². The van der Waals surface area contributed by atoms with E-state index in [1.807, 2.05) is 62.2 Å². The van der Waals surface area contributed by atoms with E-state index in [-0.39, 0.29) is 38.4 Å². The molecule has 694 valence electrons. The minimum Gasteiger partial charge on any atom is -0.496 e. The monoisotopic (exact) mass is 1780 g/mol. The summed E-state index contributed by atoms with van der Waals surface area (Å²) in [5.41, 5.74) is 2.12. The third-order valence-corrected chi connectivity index (χ3v) is 31.1. The number of nitrogens with zero attached hydrogens (tertiary/aromatic N) is 4. The van der Waals surface area contributed by atoms with Gasteiger partial charge in [0.1, 0.15) is 59.6 Å². The van der Waals surface area contributed by atoms with E-state index in [9.17, 15) is 93.2 Å². The van der Waals surface area contributed by atoms with Gasteiger partial charge in [0.05, 0.1) is 57.9 Å². The van der Waals surface area contributed by atoms with Crippen LogP contribution >= 0.6 is 7.60 Å². The van der Waals surface area contributed by atoms with Gasteiger partial charge in [0.25, 0.3) is 5.91 Å². The van der Waals surface area contributed by atoms with E-state index in [0.29, 0.717) is 152 Å². The zero-order chi connectivity index (χ0) is 91.1. The number of aromatic amines is 1. The second-order valence-corrected chi connectivity index (χ2v) is 39.8. The van der Waals surface area contributed by atoms with Gasteiger partial charge in [0.15, 0.2) is 5.60 Å². The molecule has 2 aromatic carbocycles. The zero-order valence-electron chi connectivity index (χ0n) is 73.1. The van der Waals surface area contributed by atoms with Crippen molar-refractivity contribution >= 4 is 89.2 Å². The maximum atomic E-state index is 16.0. The molecule has 3 aromatic rings. The average molecular weight is 1780 g/mol. The van der Waals surface area contributed by atoms with E-state index in [0.717, 1.165) is 33.4 Å². The summed E-state index contributed by atoms with van der Waals surface area (Å²) in [6.07, 6.45) is 7.66. The van der Waals surface area contributed by atoms with Gasteiger partial charge in [-0.3, -0.25) is 67.1 Å². The first-order valence-corrected chi connectivity index (χ1v) is 46.5. The molecule has 4 bridgehead atoms. The number of para-hydroxylation sites is 1. The normalized spacial score (nSPS) is 31.1. The summed E-state index contributed by atoms with van der Waals surface area (Å²) in [6, 6.07) is -0.574. The Labute approximate surface area is 732 Å². The molecule has 126 heavy (non-hydrogen) atoms. The fourth-order valence-corrected chi connectivity index (χ4v) is 24.0. The Morgan fingerprint density at radius 2 is 1.32 bits per heavy atom. The van der Waals surface area contributed by atoms with Crippen LogP contribution in [-0.2, 0) is 79.3 Å². The molecular formula is C88H129N14O23P. The van der Waals surface area contributed by atoms with E-state index < -0.39 is 235 Å². The largest absolute Gasteiger partial charge is 0.496 e. The number of rotatable bonds is 34. The molecule has 1 spiro atoms. The molecule has 8 fully saturated rings. The number of ether oxygens (including phenoxy) is 2. The van der Waals surface area contributed by atoms with Gasteiger partial charge in [0.2, 0.25) is 53.2 Å². The minimum atomic E-state index is -4.63. The molecule has 1 aromatic heterocycles. The van der Waals surface area contributed by atoms with Crippen LogP contribution in [0.3, 0.4) is 0 Å². The number of anilines is 1. The molecule has 11 aliphatic rings. The van der Waals surface area contributed by atoms with Crippen LogP contribution in [0.5, 0.6) is 5.75 Å². The number of nitrogens with two attached hydrogens (primary N) is 1. The van der Waals surface area contributed by atoms with E-state index >= 15 is 9.59 Å². The van der Waals surface area contributed by atoms with E-state index in [1.165, 1.54) is 7.11 Å². The Bertz CT molecular complexity index is 4690. The summed E-state index contributed by atoms with van der Waals surface area (Å²) >= 11 is 0. The molecular weight excluding hydrogens is 1650 g/mol. The number of carbonyl (C=O) groups is 11. The predicted octanol–water partition coefficient (Wildman–Crippen LogP) is -1.26. The number of likely N-dealkylation sites (tertiary alicyclic amines) is 1. The number of esters is 1. The topological polar surface area (TPSA) is 556 Å². The number of fused-ring (bicyclic) bond motifs is 9. The molecule has 6 aliphatic heterocycles. The number of hydrogen-bond donors (Lipinski definition) is 19. The van der Waals surface area contributed by atoms with Gasteiger partial charge in [0, 0.05) is 123 Å². The molecule has 7 heterocycles. The molecule has 38 heteroatoms. The molecule has 37 nitrogen and oxygen atoms in total. The highest BCUT2D eigenvalue weighted by Gasteiger charge is 2.79. The zero-order valence-corrected chi connectivity index (χ0v) is 74.0. The van der Waals surface area contributed by atoms with Crippen molar-refractivity contribution in [2.75, 3.05) is 105 Å². The average Bonchev–Trinajstić information content (AvgIpc) is 1.47. The highest BCUT2D eigenvalue weighted by Crippen LogP contribution is 2.68. The number of likely N-dealkylation sites (N-methyl/N-ethyl adjacent to an activating group) is 1. The third kappa shape index (κ3) is 18.0. The number of nitrogens with one attached hydrogen (secondary N) is 9. The molecule has 18 atom stereocenters. The lowest BCUT2D eigenvalue weighted by Crippen LogP contribution is -2.82. The number of benzene rings is 2. The van der Waals surface area contributed by atoms with Crippen LogP contribution in [0.1, 0.15) is 178 Å². The smallest absolute Gasteiger partial charge is 0.326 e. The number of aliphatic hydroxyl groups excluding tert-OH is 5. The number of carbonyl (C=O) groups excluding carboxylic acids is 11. The van der Waals surface area contributed by atoms with E-state index in [4.69, 9.17) is 15.2 Å². The van der Waals surface area contributed by atoms with Crippen LogP contribution in [0.25, 0.3) is 10.9 Å². The Balaban J connectivity index is 0.661. The predicted molar refractivity (Wildman–Crippen MR) is 458 cm³/mol. The summed E-state index contributed by atoms with van der Waals surface area (Å²) in [4.78, 5) is 186. The third-order valence-electron chi connectivity index (χ3n) is 30.2. The van der Waals surface area contributed by atoms with E-state index in [2.05, 4.69) is 69.5 Å². The molecule has 20 N–H and O–H groups in total. The maximum absolute atomic E-state index is 16.0. The molecule has 5 saturated carbocycles. The number of aromatic nitrogens is 1. The van der Waals surface area contributed by atoms with Crippen molar-refractivity contribution in [2.24, 2.45) is 39.7 Å². The van der Waals surface area contributed by atoms with Gasteiger partial charge in [-0.05, 0) is 155 Å². The van der Waals surface area contributed by atoms with Crippen LogP contribution in [0.2, 0.25) is 0 Å². The van der Waals surface area contributed by atoms with Crippen molar-refractivity contribution in [2.45, 2.75) is 251 Å². The summed E-state index contributed by atoms with van der Waals surface area (Å²) in [5, 5.41) is 104. The van der Waals surface area contributed by atoms with Gasteiger partial charge in [-0.1, -0.05) is 77.3 Å². The summed E-state index contributed by atoms with van der Waals surface area (Å²) in [7, 11) is 0.219. The maximum Gasteiger partial charge on any atom is 0.326 e. The second kappa shape index (κ2) is 37.8. The van der Waals surface area contributed by atoms with Crippen LogP contribution < -0.4 is 57.9 Å². The number of amides is 10. The lowest BCUT2D eigenvalue weighted by molar-refractivity contribution is -0.204. The van der Waals surface area contributed by atoms with Crippen molar-refractivity contribution in [3.05, 3.63) is 70.9 Å². The molecule has 5 aliphatic carbocycles. The van der Waals surface area contributed by atoms with Crippen molar-refractivity contribution in [3.63, 3.8) is 0 Å². The number of hydrogen-bond acceptors (Lipinski definition) is 24. The van der Waals surface area contributed by atoms with Crippen molar-refractivity contribution in [3.8, 4) is 5.75 Å². The minimum absolute atomic E-state index is 0.180. The lowest BCUT2D eigenvalue weighted by atomic mass is 9.47. The summed E-state index contributed by atoms with van der Waals surface area (Å²) in [5.74, 6) is -10.9. The summed E-state index contributed by atoms with van der Waals surface area (Å²) in [6.45, 7) is 7.14. The number of β-amino-alcohol motifs (C(OH)–C–C–N with tert-alkyl or cyclic N) is 1. The highest BCUT2D eigenvalue weighted by atomic mass is 31.2. The fourth-order valence-electron chi connectivity index (χ4n) is 23.5. The molecule has 3 unspecified atom stereocenters. The van der Waals surface area contributed by atoms with Gasteiger partial charge in [-0.25, -0.2) is 0 Å². The van der Waals surface area contributed by atoms with Gasteiger partial charge in [-0.15, -0.1) is 0 Å². The number of H-pyrrole nitrogens is 1. The van der Waals surface area contributed by atoms with Crippen LogP contribution in [-0.4, -0.2) is 308 Å². The van der Waals surface area contributed by atoms with Crippen molar-refractivity contribution < 1.29 is 112 Å². The SMILES string of the molecule is CC[C@]1(O)CC2CN(CCc3c([nH]c4ccccc34)[C@@](C(=O)OC)(c3cc4c(cc3OC)N(C)[C@H]3[C@@](O)(C(=O)NCC56CCC(CNC(=O)[C@@H](NC(=O)[C@H](CO)NC(=O)[C@H](CCC(N)=O)NC(=O)C(NC(=O)[C@H](CO)NC(=O)[C@H](CO)NC(=O)[C@@H]7C[C@@H](O)CN7C(=O)CCP(=O)(O)O)C7CCCCC7)C(C)C)(CC5)CC6)[C@H](O)[C@]5(CC)C=CCN6CC[C@]43[C@@H]65)C2)C1. The second-order valence-electron chi connectivity index (χ2n) is 38.0. The molecule has 3 saturated heterocycles. The first kappa shape index (κ1) is 94.9. The summed E-state index contributed by atoms with van der Waals surface area (Å²) < 4.78 is 24.1. The molecule has 10 amide bonds. The van der Waals surface area contributed by atoms with Crippen molar-refractivity contribution in [1.82, 2.24) is 62.2 Å². The Kier molecular flexibility index (Phi) is 28.4. The molecule has 14 rings (SSSR count). The quantitative estimate of drug-likeness (QED) is 0.0188. The number of methoxy groups -OCH3 is 2. The van der Waals surface area contributed by atoms with E-state index in [1.54, 1.807) is 21.0 Å². The molecule has 0 radical (unpaired) electrons. The van der Waals surface area contributed by atoms with Crippen LogP contribution in [0.15, 0.2) is 48.6 Å². The van der Waals surface area contributed by atoms with Gasteiger partial charge >= 0.3 is 13.6 Å². The van der Waals surface area contributed by atoms with Gasteiger partial charge in [-0.2, -0.15) is 0 Å². The van der Waals surface area contributed by atoms with Crippen molar-refractivity contribution in [1.29, 1.82) is 0 Å². The Hall–Kier alpha value is -8.72. The first-order chi connectivity index (χ1) is 59.8. The fraction of sp³-hybridized carbons (Fsp3) is 0.693. The first-order valence-electron chi connectivity index (χ1n) is 44.7. The number of aliphatic hydroxyl groups is 7. The van der Waals surface area contributed by atoms with Crippen LogP contribution in [0, 0.1) is 34.0 Å². The Morgan fingerprint density at radius 1 is 0.698 bits per heavy atom. The number of piperidine rings is 1. The standard InChI is InChI=1S/C88H129N14O23P/c1-8-84(119)39-50-40-87(81(118)125-7,69-54(22-33-100(41-50)48-84)53-18-13-14-19-57(53)92-69)56-37-55-62(38-64(56)124-6)99(5)78-86(55)31-34-101-32-15-24-85(9-2,77(86)101)79(116)88(78,120)80(117)91-47-83-28-25-82(26-29-83,27-30-83)46-90-75(114)67(49(3)4)97-72(111)60(44-104)94-70(109)58(20-21-65(89)107)93-76(115)68(51-16-11-10-12-17-51)98-73(112)61(45-105)95-71(110)59(43-103)96-74(113)63-36-52(106)42-102(63)66(108)23-35-126(121,122)123/h13-15,18-19,24,37-38,49-52,58-61,63,67-68,77-79,92,103-106,116,119-120H,8-12,16-17,20-23,25-36,39-48H2,1-7H3,(H2,89,107)(H,90,114)(H,91,117)(H,93,115)(H,94,109)(H,95,110)(H,96,113)(H,97,111)(H,98,112)(H2,121,122,123)/t50?,52-,58+,59+,60+,61+,63+,67+,68?,77+,78-,79-,82?,83?,84+,85-,86-,87+,88+/m1/s1.